The first-order valence-electron chi connectivity index (χ1n) is 9.93. The Morgan fingerprint density at radius 1 is 1.30 bits per heavy atom. The first kappa shape index (κ1) is 22.2. The fourth-order valence-corrected chi connectivity index (χ4v) is 4.57. The van der Waals surface area contributed by atoms with Gasteiger partial charge in [-0.1, -0.05) is 23.5 Å². The summed E-state index contributed by atoms with van der Waals surface area (Å²) in [4.78, 5) is 41.7. The van der Waals surface area contributed by atoms with Crippen LogP contribution in [0.5, 0.6) is 5.75 Å². The molecule has 1 N–H and O–H groups in total. The monoisotopic (exact) mass is 470 g/mol. The Balaban J connectivity index is 1.91. The van der Waals surface area contributed by atoms with Crippen LogP contribution < -0.4 is 19.6 Å². The zero-order chi connectivity index (χ0) is 23.7. The Bertz CT molecular complexity index is 1440. The van der Waals surface area contributed by atoms with Gasteiger partial charge in [0.2, 0.25) is 0 Å². The Morgan fingerprint density at radius 2 is 2.03 bits per heavy atom. The molecule has 0 aliphatic carbocycles. The second-order valence-electron chi connectivity index (χ2n) is 7.02. The van der Waals surface area contributed by atoms with Gasteiger partial charge in [0.15, 0.2) is 4.80 Å². The number of fused-ring (bicyclic) bond motifs is 1. The normalized spacial score (nSPS) is 15.7. The number of carbonyl (C=O) groups excluding carboxylic acids is 1. The Morgan fingerprint density at radius 3 is 2.64 bits per heavy atom. The quantitative estimate of drug-likeness (QED) is 0.433. The molecular weight excluding hydrogens is 450 g/mol. The van der Waals surface area contributed by atoms with Gasteiger partial charge in [0.25, 0.3) is 10.5 Å². The Labute approximate surface area is 190 Å². The van der Waals surface area contributed by atoms with E-state index in [4.69, 9.17) is 19.1 Å². The molecule has 1 unspecified atom stereocenters. The summed E-state index contributed by atoms with van der Waals surface area (Å²) >= 11 is 1.11. The Hall–Kier alpha value is -3.99. The SMILES string of the molecule is CCOC(=O)C1=C(C)N=c2s/c(=C\c3ccc([N+](=O)O)o3)c(=O)n2C1c1ccc(OC)cc1. The summed E-state index contributed by atoms with van der Waals surface area (Å²) in [5, 5.41) is 8.98. The molecule has 1 aliphatic heterocycles. The maximum Gasteiger partial charge on any atom is 0.480 e. The number of esters is 1. The minimum absolute atomic E-state index is 0.178. The van der Waals surface area contributed by atoms with Crippen LogP contribution in [0.25, 0.3) is 6.08 Å². The number of hydrogen-bond donors (Lipinski definition) is 1. The van der Waals surface area contributed by atoms with Gasteiger partial charge in [-0.2, -0.15) is 0 Å². The minimum Gasteiger partial charge on any atom is -0.497 e. The number of ether oxygens (including phenoxy) is 2. The topological polar surface area (TPSA) is 123 Å². The van der Waals surface area contributed by atoms with E-state index in [2.05, 4.69) is 4.99 Å². The van der Waals surface area contributed by atoms with Crippen molar-refractivity contribution in [3.05, 3.63) is 83.6 Å². The average molecular weight is 470 g/mol. The lowest BCUT2D eigenvalue weighted by Crippen LogP contribution is -2.39. The lowest BCUT2D eigenvalue weighted by Gasteiger charge is -2.24. The van der Waals surface area contributed by atoms with Crippen LogP contribution in [0.3, 0.4) is 0 Å². The lowest BCUT2D eigenvalue weighted by atomic mass is 9.96. The van der Waals surface area contributed by atoms with Crippen molar-refractivity contribution in [1.82, 2.24) is 4.57 Å². The van der Waals surface area contributed by atoms with E-state index in [1.807, 2.05) is 0 Å². The molecule has 0 spiro atoms. The summed E-state index contributed by atoms with van der Waals surface area (Å²) in [6.45, 7) is 3.58. The van der Waals surface area contributed by atoms with Gasteiger partial charge < -0.3 is 13.9 Å². The molecule has 1 atom stereocenters. The summed E-state index contributed by atoms with van der Waals surface area (Å²) < 4.78 is 17.4. The number of aromatic nitrogens is 1. The highest BCUT2D eigenvalue weighted by molar-refractivity contribution is 7.07. The smallest absolute Gasteiger partial charge is 0.480 e. The van der Waals surface area contributed by atoms with Gasteiger partial charge >= 0.3 is 11.9 Å². The standard InChI is InChI=1S/C22H20N3O7S/c1-4-31-21(27)18-12(2)23-22-24(19(18)13-5-7-14(30-3)8-6-13)20(26)16(33-22)11-15-9-10-17(32-15)25(28)29/h5-11,19H,4H2,1-3H3,(H,28,29)/q+1/b16-11-. The van der Waals surface area contributed by atoms with Gasteiger partial charge in [-0.15, -0.1) is 0 Å². The predicted octanol–water partition coefficient (Wildman–Crippen LogP) is 2.20. The van der Waals surface area contributed by atoms with Crippen molar-refractivity contribution in [3.8, 4) is 5.75 Å². The van der Waals surface area contributed by atoms with E-state index >= 15 is 0 Å². The fourth-order valence-electron chi connectivity index (χ4n) is 3.54. The van der Waals surface area contributed by atoms with Crippen molar-refractivity contribution >= 4 is 29.3 Å². The zero-order valence-corrected chi connectivity index (χ0v) is 18.8. The van der Waals surface area contributed by atoms with Crippen LogP contribution in [-0.4, -0.2) is 34.4 Å². The average Bonchev–Trinajstić information content (AvgIpc) is 3.38. The van der Waals surface area contributed by atoms with Crippen LogP contribution in [0.4, 0.5) is 5.88 Å². The molecule has 10 nitrogen and oxygen atoms in total. The molecule has 4 rings (SSSR count). The molecule has 0 bridgehead atoms. The molecule has 11 heteroatoms. The van der Waals surface area contributed by atoms with E-state index in [0.29, 0.717) is 21.8 Å². The molecular formula is C22H20N3O7S+. The zero-order valence-electron chi connectivity index (χ0n) is 18.0. The van der Waals surface area contributed by atoms with Crippen molar-refractivity contribution in [1.29, 1.82) is 0 Å². The number of methoxy groups -OCH3 is 1. The van der Waals surface area contributed by atoms with Gasteiger partial charge in [-0.3, -0.25) is 9.36 Å². The molecule has 0 fully saturated rings. The predicted molar refractivity (Wildman–Crippen MR) is 117 cm³/mol. The van der Waals surface area contributed by atoms with Crippen molar-refractivity contribution in [2.45, 2.75) is 19.9 Å². The lowest BCUT2D eigenvalue weighted by molar-refractivity contribution is -0.737. The maximum absolute atomic E-state index is 13.4. The molecule has 1 aromatic carbocycles. The molecule has 170 valence electrons. The molecule has 0 radical (unpaired) electrons. The number of furan rings is 1. The number of carbonyl (C=O) groups is 1. The fraction of sp³-hybridized carbons (Fsp3) is 0.227. The van der Waals surface area contributed by atoms with Crippen LogP contribution in [0.2, 0.25) is 0 Å². The highest BCUT2D eigenvalue weighted by atomic mass is 32.1. The first-order valence-corrected chi connectivity index (χ1v) is 10.7. The minimum atomic E-state index is -0.755. The number of allylic oxidation sites excluding steroid dienone is 1. The van der Waals surface area contributed by atoms with Gasteiger partial charge in [0.1, 0.15) is 11.5 Å². The van der Waals surface area contributed by atoms with Gasteiger partial charge in [-0.25, -0.2) is 15.0 Å². The van der Waals surface area contributed by atoms with Crippen LogP contribution in [0.15, 0.2) is 61.9 Å². The van der Waals surface area contributed by atoms with E-state index in [0.717, 1.165) is 11.3 Å². The largest absolute Gasteiger partial charge is 0.497 e. The molecule has 1 aliphatic rings. The third-order valence-electron chi connectivity index (χ3n) is 5.02. The molecule has 0 saturated heterocycles. The van der Waals surface area contributed by atoms with Crippen molar-refractivity contribution in [2.24, 2.45) is 4.99 Å². The number of nitrogens with zero attached hydrogens (tertiary/aromatic N) is 3. The van der Waals surface area contributed by atoms with E-state index in [-0.39, 0.29) is 28.4 Å². The van der Waals surface area contributed by atoms with E-state index in [1.165, 1.54) is 22.8 Å². The first-order chi connectivity index (χ1) is 15.8. The summed E-state index contributed by atoms with van der Waals surface area (Å²) in [5.41, 5.74) is 1.01. The summed E-state index contributed by atoms with van der Waals surface area (Å²) in [7, 11) is 1.55. The van der Waals surface area contributed by atoms with Crippen LogP contribution in [-0.2, 0) is 9.53 Å². The highest BCUT2D eigenvalue weighted by Gasteiger charge is 2.33. The van der Waals surface area contributed by atoms with Crippen LogP contribution >= 0.6 is 11.3 Å². The maximum atomic E-state index is 13.4. The summed E-state index contributed by atoms with van der Waals surface area (Å²) in [5.74, 6) is -0.0319. The van der Waals surface area contributed by atoms with Crippen LogP contribution in [0.1, 0.15) is 31.2 Å². The van der Waals surface area contributed by atoms with Crippen LogP contribution in [0, 0.1) is 4.91 Å². The Kier molecular flexibility index (Phi) is 5.97. The highest BCUT2D eigenvalue weighted by Crippen LogP contribution is 2.31. The number of thiazole rings is 1. The molecule has 3 aromatic rings. The molecule has 33 heavy (non-hydrogen) atoms. The van der Waals surface area contributed by atoms with E-state index in [9.17, 15) is 14.5 Å². The van der Waals surface area contributed by atoms with Crippen molar-refractivity contribution < 1.29 is 28.8 Å². The molecule has 3 heterocycles. The van der Waals surface area contributed by atoms with Gasteiger partial charge in [-0.05, 0) is 37.6 Å². The second-order valence-corrected chi connectivity index (χ2v) is 8.03. The van der Waals surface area contributed by atoms with Gasteiger partial charge in [0, 0.05) is 6.08 Å². The molecule has 0 amide bonds. The van der Waals surface area contributed by atoms with E-state index < -0.39 is 22.5 Å². The number of rotatable bonds is 6. The summed E-state index contributed by atoms with van der Waals surface area (Å²) in [6.07, 6.45) is 1.45. The van der Waals surface area contributed by atoms with Crippen molar-refractivity contribution in [2.75, 3.05) is 13.7 Å². The second kappa shape index (κ2) is 8.87. The third-order valence-corrected chi connectivity index (χ3v) is 6.01. The number of benzene rings is 1. The molecule has 0 saturated carbocycles. The van der Waals surface area contributed by atoms with Crippen molar-refractivity contribution in [3.63, 3.8) is 0 Å². The number of hydrogen-bond acceptors (Lipinski definition) is 8. The van der Waals surface area contributed by atoms with Gasteiger partial charge in [0.05, 0.1) is 46.5 Å². The third kappa shape index (κ3) is 4.10. The van der Waals surface area contributed by atoms with E-state index in [1.54, 1.807) is 45.2 Å². The summed E-state index contributed by atoms with van der Waals surface area (Å²) in [6, 6.07) is 9.02. The molecule has 2 aromatic heterocycles.